The molecule has 114 valence electrons. The van der Waals surface area contributed by atoms with Crippen LogP contribution in [0.5, 0.6) is 5.75 Å². The number of phenolic OH excluding ortho intramolecular Hbond substituents is 1. The van der Waals surface area contributed by atoms with Gasteiger partial charge in [0.15, 0.2) is 0 Å². The lowest BCUT2D eigenvalue weighted by Crippen LogP contribution is -1.89. The van der Waals surface area contributed by atoms with Gasteiger partial charge < -0.3 is 9.52 Å². The zero-order valence-corrected chi connectivity index (χ0v) is 16.5. The Kier molecular flexibility index (Phi) is 4.97. The van der Waals surface area contributed by atoms with Gasteiger partial charge in [-0.1, -0.05) is 31.5 Å². The van der Waals surface area contributed by atoms with Crippen LogP contribution in [0.25, 0.3) is 22.1 Å². The highest BCUT2D eigenvalue weighted by Crippen LogP contribution is 2.39. The lowest BCUT2D eigenvalue weighted by molar-refractivity contribution is 0.467. The molecule has 0 aliphatic heterocycles. The third-order valence-corrected chi connectivity index (χ3v) is 5.38. The zero-order chi connectivity index (χ0) is 15.7. The lowest BCUT2D eigenvalue weighted by atomic mass is 9.99. The summed E-state index contributed by atoms with van der Waals surface area (Å²) in [7, 11) is 0. The summed E-state index contributed by atoms with van der Waals surface area (Å²) in [6.07, 6.45) is 3.19. The van der Waals surface area contributed by atoms with Crippen LogP contribution in [-0.4, -0.2) is 5.11 Å². The number of furan rings is 1. The average molecular weight is 518 g/mol. The van der Waals surface area contributed by atoms with Gasteiger partial charge >= 0.3 is 0 Å². The van der Waals surface area contributed by atoms with Crippen LogP contribution in [0.2, 0.25) is 0 Å². The van der Waals surface area contributed by atoms with Gasteiger partial charge in [-0.15, -0.1) is 0 Å². The molecule has 0 spiro atoms. The summed E-state index contributed by atoms with van der Waals surface area (Å²) in [4.78, 5) is 0. The number of para-hydroxylation sites is 1. The summed E-state index contributed by atoms with van der Waals surface area (Å²) in [6.45, 7) is 2.19. The largest absolute Gasteiger partial charge is 0.506 e. The highest BCUT2D eigenvalue weighted by atomic mass is 127. The molecule has 0 saturated carbocycles. The molecule has 4 heteroatoms. The summed E-state index contributed by atoms with van der Waals surface area (Å²) in [5.41, 5.74) is 3.21. The second kappa shape index (κ2) is 6.78. The molecule has 1 heterocycles. The van der Waals surface area contributed by atoms with E-state index in [2.05, 4.69) is 58.2 Å². The van der Waals surface area contributed by atoms with Gasteiger partial charge in [-0.3, -0.25) is 0 Å². The number of unbranched alkanes of at least 4 members (excludes halogenated alkanes) is 1. The maximum atomic E-state index is 10.0. The molecule has 2 aromatic carbocycles. The number of aromatic hydroxyl groups is 1. The molecule has 0 unspecified atom stereocenters. The Balaban J connectivity index is 2.23. The molecule has 2 nitrogen and oxygen atoms in total. The standard InChI is InChI=1S/C18H16I2O2/c1-2-3-7-16-17(12-6-4-5-8-15(12)22-16)11-9-13(19)18(21)14(20)10-11/h4-6,8-10,21H,2-3,7H2,1H3. The summed E-state index contributed by atoms with van der Waals surface area (Å²) in [5.74, 6) is 1.40. The Bertz CT molecular complexity index is 798. The number of halogens is 2. The number of hydrogen-bond acceptors (Lipinski definition) is 2. The van der Waals surface area contributed by atoms with E-state index in [9.17, 15) is 5.11 Å². The molecule has 0 bridgehead atoms. The zero-order valence-electron chi connectivity index (χ0n) is 12.2. The molecular weight excluding hydrogens is 502 g/mol. The fourth-order valence-corrected chi connectivity index (χ4v) is 4.40. The Morgan fingerprint density at radius 3 is 2.45 bits per heavy atom. The number of benzene rings is 2. The van der Waals surface area contributed by atoms with Crippen LogP contribution in [-0.2, 0) is 6.42 Å². The molecule has 1 aromatic heterocycles. The van der Waals surface area contributed by atoms with Crippen LogP contribution in [0.15, 0.2) is 40.8 Å². The van der Waals surface area contributed by atoms with Crippen molar-refractivity contribution >= 4 is 56.2 Å². The molecule has 3 aromatic rings. The first kappa shape index (κ1) is 16.1. The number of fused-ring (bicyclic) bond motifs is 1. The van der Waals surface area contributed by atoms with Crippen molar-refractivity contribution in [2.75, 3.05) is 0 Å². The summed E-state index contributed by atoms with van der Waals surface area (Å²) < 4.78 is 7.83. The fourth-order valence-electron chi connectivity index (χ4n) is 2.64. The Morgan fingerprint density at radius 1 is 1.09 bits per heavy atom. The number of hydrogen-bond donors (Lipinski definition) is 1. The van der Waals surface area contributed by atoms with Crippen molar-refractivity contribution in [1.29, 1.82) is 0 Å². The van der Waals surface area contributed by atoms with E-state index in [1.54, 1.807) is 0 Å². The van der Waals surface area contributed by atoms with Gasteiger partial charge in [0, 0.05) is 17.4 Å². The van der Waals surface area contributed by atoms with Crippen LogP contribution in [0, 0.1) is 7.14 Å². The van der Waals surface area contributed by atoms with Crippen LogP contribution < -0.4 is 0 Å². The first-order valence-corrected chi connectivity index (χ1v) is 9.46. The van der Waals surface area contributed by atoms with Gasteiger partial charge in [-0.2, -0.15) is 0 Å². The third-order valence-electron chi connectivity index (χ3n) is 3.73. The average Bonchev–Trinajstić information content (AvgIpc) is 2.88. The van der Waals surface area contributed by atoms with E-state index in [1.807, 2.05) is 30.3 Å². The minimum atomic E-state index is 0.354. The van der Waals surface area contributed by atoms with E-state index in [0.717, 1.165) is 48.7 Å². The van der Waals surface area contributed by atoms with Crippen molar-refractivity contribution in [2.24, 2.45) is 0 Å². The lowest BCUT2D eigenvalue weighted by Gasteiger charge is -2.07. The fraction of sp³-hybridized carbons (Fsp3) is 0.222. The quantitative estimate of drug-likeness (QED) is 0.409. The van der Waals surface area contributed by atoms with Crippen molar-refractivity contribution in [2.45, 2.75) is 26.2 Å². The summed E-state index contributed by atoms with van der Waals surface area (Å²) in [6, 6.07) is 12.2. The maximum absolute atomic E-state index is 10.0. The molecule has 1 N–H and O–H groups in total. The molecule has 22 heavy (non-hydrogen) atoms. The van der Waals surface area contributed by atoms with Crippen molar-refractivity contribution in [3.8, 4) is 16.9 Å². The molecule has 3 rings (SSSR count). The smallest absolute Gasteiger partial charge is 0.142 e. The first-order valence-electron chi connectivity index (χ1n) is 7.30. The van der Waals surface area contributed by atoms with E-state index in [-0.39, 0.29) is 0 Å². The second-order valence-electron chi connectivity index (χ2n) is 5.29. The molecular formula is C18H16I2O2. The summed E-state index contributed by atoms with van der Waals surface area (Å²) in [5, 5.41) is 11.2. The molecule has 0 atom stereocenters. The van der Waals surface area contributed by atoms with Gasteiger partial charge in [0.2, 0.25) is 0 Å². The van der Waals surface area contributed by atoms with Gasteiger partial charge in [0.25, 0.3) is 0 Å². The molecule has 0 aliphatic carbocycles. The number of rotatable bonds is 4. The normalized spacial score (nSPS) is 11.2. The SMILES string of the molecule is CCCCc1oc2ccccc2c1-c1cc(I)c(O)c(I)c1. The van der Waals surface area contributed by atoms with E-state index in [4.69, 9.17) is 4.42 Å². The third kappa shape index (κ3) is 2.99. The monoisotopic (exact) mass is 518 g/mol. The minimum absolute atomic E-state index is 0.354. The molecule has 0 aliphatic rings. The molecule has 0 fully saturated rings. The highest BCUT2D eigenvalue weighted by molar-refractivity contribution is 14.1. The predicted octanol–water partition coefficient (Wildman–Crippen LogP) is 6.36. The molecule has 0 saturated heterocycles. The van der Waals surface area contributed by atoms with Crippen LogP contribution in [0.4, 0.5) is 0 Å². The van der Waals surface area contributed by atoms with Gasteiger partial charge in [0.1, 0.15) is 17.1 Å². The van der Waals surface area contributed by atoms with Crippen molar-refractivity contribution in [1.82, 2.24) is 0 Å². The molecule has 0 radical (unpaired) electrons. The topological polar surface area (TPSA) is 33.4 Å². The van der Waals surface area contributed by atoms with Crippen molar-refractivity contribution < 1.29 is 9.52 Å². The Hall–Kier alpha value is -0.760. The Labute approximate surface area is 157 Å². The van der Waals surface area contributed by atoms with E-state index in [0.29, 0.717) is 5.75 Å². The number of aryl methyl sites for hydroxylation is 1. The predicted molar refractivity (Wildman–Crippen MR) is 107 cm³/mol. The second-order valence-corrected chi connectivity index (χ2v) is 7.61. The van der Waals surface area contributed by atoms with Crippen molar-refractivity contribution in [3.05, 3.63) is 49.3 Å². The van der Waals surface area contributed by atoms with Crippen LogP contribution in [0.3, 0.4) is 0 Å². The molecule has 0 amide bonds. The maximum Gasteiger partial charge on any atom is 0.142 e. The van der Waals surface area contributed by atoms with E-state index in [1.165, 1.54) is 5.56 Å². The summed E-state index contributed by atoms with van der Waals surface area (Å²) >= 11 is 4.36. The minimum Gasteiger partial charge on any atom is -0.506 e. The highest BCUT2D eigenvalue weighted by Gasteiger charge is 2.17. The number of phenols is 1. The Morgan fingerprint density at radius 2 is 1.77 bits per heavy atom. The first-order chi connectivity index (χ1) is 10.6. The van der Waals surface area contributed by atoms with Crippen LogP contribution >= 0.6 is 45.2 Å². The van der Waals surface area contributed by atoms with Gasteiger partial charge in [0.05, 0.1) is 7.14 Å². The van der Waals surface area contributed by atoms with E-state index < -0.39 is 0 Å². The van der Waals surface area contributed by atoms with Gasteiger partial charge in [-0.05, 0) is 75.4 Å². The van der Waals surface area contributed by atoms with E-state index >= 15 is 0 Å². The van der Waals surface area contributed by atoms with Crippen molar-refractivity contribution in [3.63, 3.8) is 0 Å². The van der Waals surface area contributed by atoms with Crippen LogP contribution in [0.1, 0.15) is 25.5 Å². The van der Waals surface area contributed by atoms with Gasteiger partial charge in [-0.25, -0.2) is 0 Å².